The highest BCUT2D eigenvalue weighted by molar-refractivity contribution is 6.20. The fourth-order valence-electron chi connectivity index (χ4n) is 3.26. The molecule has 0 aromatic heterocycles. The van der Waals surface area contributed by atoms with Crippen molar-refractivity contribution in [2.75, 3.05) is 28.1 Å². The molecule has 0 heterocycles. The molecular formula is C26H26O8. The number of Topliss-reactive ketones (excluding diaryl/α,β-unsaturated/α-hetero) is 2. The van der Waals surface area contributed by atoms with Crippen LogP contribution < -0.4 is 14.2 Å². The molecule has 0 aliphatic rings. The lowest BCUT2D eigenvalue weighted by molar-refractivity contribution is 0.0314. The molecule has 3 aromatic carbocycles. The van der Waals surface area contributed by atoms with E-state index in [1.165, 1.54) is 33.5 Å². The lowest BCUT2D eigenvalue weighted by Gasteiger charge is -2.19. The molecule has 8 heteroatoms. The van der Waals surface area contributed by atoms with E-state index in [-0.39, 0.29) is 36.0 Å². The molecule has 34 heavy (non-hydrogen) atoms. The maximum absolute atomic E-state index is 13.6. The summed E-state index contributed by atoms with van der Waals surface area (Å²) in [5.74, 6) is -0.890. The first kappa shape index (κ1) is 24.8. The number of carbonyl (C=O) groups is 2. The minimum Gasteiger partial charge on any atom is -0.507 e. The predicted octanol–water partition coefficient (Wildman–Crippen LogP) is 4.04. The number of ketones is 2. The lowest BCUT2D eigenvalue weighted by Crippen LogP contribution is -2.33. The molecule has 0 spiro atoms. The van der Waals surface area contributed by atoms with Gasteiger partial charge in [-0.05, 0) is 29.8 Å². The highest BCUT2D eigenvalue weighted by atomic mass is 16.7. The van der Waals surface area contributed by atoms with Crippen molar-refractivity contribution in [1.29, 1.82) is 0 Å². The molecule has 0 fully saturated rings. The molecule has 0 saturated heterocycles. The number of benzene rings is 3. The zero-order valence-corrected chi connectivity index (χ0v) is 19.1. The Bertz CT molecular complexity index is 1110. The van der Waals surface area contributed by atoms with Crippen molar-refractivity contribution in [3.8, 4) is 23.0 Å². The smallest absolute Gasteiger partial charge is 0.207 e. The molecule has 0 bridgehead atoms. The number of methoxy groups -OCH3 is 3. The van der Waals surface area contributed by atoms with Crippen LogP contribution >= 0.6 is 0 Å². The SMILES string of the molecule is COCOc1cc(O)c(C(=O)C(OCc2ccccc2)C(=O)c2ccc(OC)cc2)c(OC)c1. The van der Waals surface area contributed by atoms with Crippen LogP contribution in [0.25, 0.3) is 0 Å². The average Bonchev–Trinajstić information content (AvgIpc) is 2.87. The van der Waals surface area contributed by atoms with E-state index in [9.17, 15) is 14.7 Å². The molecule has 1 atom stereocenters. The summed E-state index contributed by atoms with van der Waals surface area (Å²) in [4.78, 5) is 26.9. The van der Waals surface area contributed by atoms with Crippen LogP contribution in [0.3, 0.4) is 0 Å². The van der Waals surface area contributed by atoms with Gasteiger partial charge in [-0.1, -0.05) is 30.3 Å². The van der Waals surface area contributed by atoms with E-state index < -0.39 is 23.4 Å². The molecule has 1 N–H and O–H groups in total. The minimum absolute atomic E-state index is 0.0112. The van der Waals surface area contributed by atoms with Gasteiger partial charge < -0.3 is 28.8 Å². The molecule has 1 unspecified atom stereocenters. The molecule has 0 aliphatic carbocycles. The summed E-state index contributed by atoms with van der Waals surface area (Å²) >= 11 is 0. The van der Waals surface area contributed by atoms with Crippen molar-refractivity contribution < 1.29 is 38.4 Å². The number of phenols is 1. The van der Waals surface area contributed by atoms with Crippen molar-refractivity contribution in [1.82, 2.24) is 0 Å². The molecular weight excluding hydrogens is 440 g/mol. The van der Waals surface area contributed by atoms with Crippen molar-refractivity contribution in [2.45, 2.75) is 12.7 Å². The molecule has 0 saturated carbocycles. The number of aromatic hydroxyl groups is 1. The molecule has 8 nitrogen and oxygen atoms in total. The molecule has 3 rings (SSSR count). The van der Waals surface area contributed by atoms with Crippen LogP contribution in [0, 0.1) is 0 Å². The second-order valence-corrected chi connectivity index (χ2v) is 7.20. The van der Waals surface area contributed by atoms with Crippen LogP contribution in [-0.2, 0) is 16.1 Å². The third-order valence-electron chi connectivity index (χ3n) is 4.97. The molecule has 3 aromatic rings. The minimum atomic E-state index is -1.53. The van der Waals surface area contributed by atoms with Gasteiger partial charge in [-0.3, -0.25) is 9.59 Å². The van der Waals surface area contributed by atoms with E-state index in [0.29, 0.717) is 5.75 Å². The first-order chi connectivity index (χ1) is 16.5. The van der Waals surface area contributed by atoms with Crippen LogP contribution in [-0.4, -0.2) is 50.9 Å². The summed E-state index contributed by atoms with van der Waals surface area (Å²) in [6.45, 7) is -0.0497. The normalized spacial score (nSPS) is 11.5. The topological polar surface area (TPSA) is 101 Å². The van der Waals surface area contributed by atoms with Gasteiger partial charge in [0.05, 0.1) is 20.8 Å². The van der Waals surface area contributed by atoms with E-state index in [1.807, 2.05) is 30.3 Å². The second kappa shape index (κ2) is 11.8. The molecule has 0 radical (unpaired) electrons. The first-order valence-electron chi connectivity index (χ1n) is 10.4. The highest BCUT2D eigenvalue weighted by Gasteiger charge is 2.34. The Morgan fingerprint density at radius 2 is 1.56 bits per heavy atom. The largest absolute Gasteiger partial charge is 0.507 e. The Kier molecular flexibility index (Phi) is 8.61. The van der Waals surface area contributed by atoms with E-state index in [4.69, 9.17) is 23.7 Å². The molecule has 178 valence electrons. The summed E-state index contributed by atoms with van der Waals surface area (Å²) in [6, 6.07) is 18.2. The molecule has 0 amide bonds. The summed E-state index contributed by atoms with van der Waals surface area (Å²) < 4.78 is 26.5. The summed E-state index contributed by atoms with van der Waals surface area (Å²) in [6.07, 6.45) is -1.53. The van der Waals surface area contributed by atoms with Gasteiger partial charge in [0.2, 0.25) is 5.78 Å². The highest BCUT2D eigenvalue weighted by Crippen LogP contribution is 2.35. The monoisotopic (exact) mass is 466 g/mol. The Morgan fingerprint density at radius 3 is 2.18 bits per heavy atom. The van der Waals surface area contributed by atoms with Crippen LogP contribution in [0.4, 0.5) is 0 Å². The van der Waals surface area contributed by atoms with Gasteiger partial charge in [0.15, 0.2) is 18.7 Å². The third kappa shape index (κ3) is 5.92. The van der Waals surface area contributed by atoms with Crippen LogP contribution in [0.5, 0.6) is 23.0 Å². The van der Waals surface area contributed by atoms with Gasteiger partial charge in [-0.25, -0.2) is 0 Å². The number of rotatable bonds is 12. The number of ether oxygens (including phenoxy) is 5. The second-order valence-electron chi connectivity index (χ2n) is 7.20. The van der Waals surface area contributed by atoms with Crippen molar-refractivity contribution >= 4 is 11.6 Å². The van der Waals surface area contributed by atoms with E-state index in [2.05, 4.69) is 0 Å². The summed E-state index contributed by atoms with van der Waals surface area (Å²) in [7, 11) is 4.31. The van der Waals surface area contributed by atoms with Gasteiger partial charge in [-0.15, -0.1) is 0 Å². The lowest BCUT2D eigenvalue weighted by atomic mass is 9.96. The Morgan fingerprint density at radius 1 is 0.853 bits per heavy atom. The number of phenolic OH excluding ortho intramolecular Hbond substituents is 1. The maximum Gasteiger partial charge on any atom is 0.207 e. The predicted molar refractivity (Wildman–Crippen MR) is 124 cm³/mol. The number of hydrogen-bond acceptors (Lipinski definition) is 8. The van der Waals surface area contributed by atoms with Crippen molar-refractivity contribution in [2.24, 2.45) is 0 Å². The quantitative estimate of drug-likeness (QED) is 0.242. The average molecular weight is 466 g/mol. The summed E-state index contributed by atoms with van der Waals surface area (Å²) in [5.41, 5.74) is 0.847. The number of carbonyl (C=O) groups excluding carboxylic acids is 2. The van der Waals surface area contributed by atoms with Gasteiger partial charge in [0.25, 0.3) is 0 Å². The van der Waals surface area contributed by atoms with Gasteiger partial charge in [-0.2, -0.15) is 0 Å². The Hall–Kier alpha value is -3.88. The maximum atomic E-state index is 13.6. The standard InChI is InChI=1S/C26H26O8/c1-30-16-34-20-13-21(27)23(22(14-20)32-3)25(29)26(33-15-17-7-5-4-6-8-17)24(28)18-9-11-19(31-2)12-10-18/h4-14,26-27H,15-16H2,1-3H3. The fraction of sp³-hybridized carbons (Fsp3) is 0.231. The van der Waals surface area contributed by atoms with Gasteiger partial charge >= 0.3 is 0 Å². The summed E-state index contributed by atoms with van der Waals surface area (Å²) in [5, 5.41) is 10.6. The fourth-order valence-corrected chi connectivity index (χ4v) is 3.26. The van der Waals surface area contributed by atoms with Gasteiger partial charge in [0, 0.05) is 24.8 Å². The third-order valence-corrected chi connectivity index (χ3v) is 4.97. The zero-order valence-electron chi connectivity index (χ0n) is 19.1. The molecule has 0 aliphatic heterocycles. The van der Waals surface area contributed by atoms with Gasteiger partial charge in [0.1, 0.15) is 28.6 Å². The zero-order chi connectivity index (χ0) is 24.5. The van der Waals surface area contributed by atoms with E-state index >= 15 is 0 Å². The Labute approximate surface area is 197 Å². The number of hydrogen-bond donors (Lipinski definition) is 1. The van der Waals surface area contributed by atoms with E-state index in [0.717, 1.165) is 5.56 Å². The van der Waals surface area contributed by atoms with E-state index in [1.54, 1.807) is 24.3 Å². The first-order valence-corrected chi connectivity index (χ1v) is 10.4. The van der Waals surface area contributed by atoms with Crippen LogP contribution in [0.1, 0.15) is 26.3 Å². The van der Waals surface area contributed by atoms with Crippen LogP contribution in [0.2, 0.25) is 0 Å². The Balaban J connectivity index is 1.97. The van der Waals surface area contributed by atoms with Crippen LogP contribution in [0.15, 0.2) is 66.7 Å². The van der Waals surface area contributed by atoms with Crippen molar-refractivity contribution in [3.05, 3.63) is 83.4 Å². The van der Waals surface area contributed by atoms with Crippen molar-refractivity contribution in [3.63, 3.8) is 0 Å².